The zero-order valence-electron chi connectivity index (χ0n) is 12.6. The zero-order chi connectivity index (χ0) is 17.7. The van der Waals surface area contributed by atoms with Gasteiger partial charge >= 0.3 is 5.69 Å². The second-order valence-electron chi connectivity index (χ2n) is 5.09. The van der Waals surface area contributed by atoms with Gasteiger partial charge in [-0.2, -0.15) is 0 Å². The summed E-state index contributed by atoms with van der Waals surface area (Å²) in [5.41, 5.74) is -0.570. The lowest BCUT2D eigenvalue weighted by molar-refractivity contribution is -0.386. The molecule has 2 aromatic carbocycles. The molecule has 0 radical (unpaired) electrons. The van der Waals surface area contributed by atoms with E-state index in [0.717, 1.165) is 12.0 Å². The normalized spacial score (nSPS) is 10.3. The fourth-order valence-electron chi connectivity index (χ4n) is 2.26. The van der Waals surface area contributed by atoms with Crippen molar-refractivity contribution >= 4 is 11.6 Å². The van der Waals surface area contributed by atoms with Crippen molar-refractivity contribution in [2.75, 3.05) is 6.54 Å². The van der Waals surface area contributed by atoms with Crippen molar-refractivity contribution < 1.29 is 25.0 Å². The van der Waals surface area contributed by atoms with Gasteiger partial charge in [0.15, 0.2) is 0 Å². The van der Waals surface area contributed by atoms with E-state index in [9.17, 15) is 30.2 Å². The summed E-state index contributed by atoms with van der Waals surface area (Å²) in [5, 5.41) is 42.2. The number of nitrogens with zero attached hydrogens (tertiary/aromatic N) is 1. The maximum atomic E-state index is 12.0. The van der Waals surface area contributed by atoms with Crippen molar-refractivity contribution in [2.45, 2.75) is 12.8 Å². The van der Waals surface area contributed by atoms with Gasteiger partial charge in [-0.15, -0.1) is 0 Å². The first-order chi connectivity index (χ1) is 11.4. The van der Waals surface area contributed by atoms with E-state index in [2.05, 4.69) is 5.32 Å². The number of nitro groups is 1. The van der Waals surface area contributed by atoms with E-state index in [-0.39, 0.29) is 6.54 Å². The van der Waals surface area contributed by atoms with Gasteiger partial charge in [0, 0.05) is 12.6 Å². The number of aromatic hydroxyl groups is 3. The van der Waals surface area contributed by atoms with Crippen LogP contribution in [-0.4, -0.2) is 32.7 Å². The molecule has 2 aromatic rings. The van der Waals surface area contributed by atoms with Crippen LogP contribution < -0.4 is 5.32 Å². The maximum Gasteiger partial charge on any atom is 0.353 e. The maximum absolute atomic E-state index is 12.0. The largest absolute Gasteiger partial charge is 0.507 e. The molecule has 0 aliphatic heterocycles. The first-order valence-electron chi connectivity index (χ1n) is 7.16. The Hall–Kier alpha value is -3.29. The standard InChI is InChI=1S/C16H16N2O6/c19-11-9-12(20)14(18(23)24)15(21)13(11)16(22)17-8-4-7-10-5-2-1-3-6-10/h1-3,5-6,9,19-21H,4,7-8H2,(H,17,22). The van der Waals surface area contributed by atoms with E-state index < -0.39 is 39.3 Å². The van der Waals surface area contributed by atoms with Gasteiger partial charge in [0.2, 0.25) is 11.5 Å². The topological polar surface area (TPSA) is 133 Å². The Kier molecular flexibility index (Phi) is 5.20. The van der Waals surface area contributed by atoms with Crippen molar-refractivity contribution in [1.29, 1.82) is 0 Å². The molecule has 4 N–H and O–H groups in total. The molecule has 0 fully saturated rings. The quantitative estimate of drug-likeness (QED) is 0.363. The highest BCUT2D eigenvalue weighted by molar-refractivity contribution is 6.01. The lowest BCUT2D eigenvalue weighted by atomic mass is 10.1. The number of benzene rings is 2. The van der Waals surface area contributed by atoms with Gasteiger partial charge in [0.05, 0.1) is 4.92 Å². The smallest absolute Gasteiger partial charge is 0.353 e. The fraction of sp³-hybridized carbons (Fsp3) is 0.188. The van der Waals surface area contributed by atoms with E-state index in [0.29, 0.717) is 12.5 Å². The number of rotatable bonds is 6. The number of aryl methyl sites for hydroxylation is 1. The molecule has 0 atom stereocenters. The summed E-state index contributed by atoms with van der Waals surface area (Å²) >= 11 is 0. The molecular formula is C16H16N2O6. The van der Waals surface area contributed by atoms with Gasteiger partial charge in [0.25, 0.3) is 5.91 Å². The van der Waals surface area contributed by atoms with Crippen molar-refractivity contribution in [2.24, 2.45) is 0 Å². The van der Waals surface area contributed by atoms with Gasteiger partial charge in [-0.05, 0) is 18.4 Å². The van der Waals surface area contributed by atoms with Gasteiger partial charge in [-0.3, -0.25) is 14.9 Å². The third-order valence-electron chi connectivity index (χ3n) is 3.41. The summed E-state index contributed by atoms with van der Waals surface area (Å²) in [6.45, 7) is 0.251. The molecule has 0 unspecified atom stereocenters. The molecule has 2 rings (SSSR count). The Morgan fingerprint density at radius 3 is 2.42 bits per heavy atom. The predicted molar refractivity (Wildman–Crippen MR) is 85.2 cm³/mol. The van der Waals surface area contributed by atoms with Gasteiger partial charge in [-0.25, -0.2) is 0 Å². The molecule has 24 heavy (non-hydrogen) atoms. The SMILES string of the molecule is O=C(NCCCc1ccccc1)c1c(O)cc(O)c([N+](=O)[O-])c1O. The molecule has 0 saturated heterocycles. The number of amides is 1. The van der Waals surface area contributed by atoms with Crippen LogP contribution in [0.2, 0.25) is 0 Å². The Morgan fingerprint density at radius 1 is 1.12 bits per heavy atom. The first-order valence-corrected chi connectivity index (χ1v) is 7.16. The van der Waals surface area contributed by atoms with Crippen LogP contribution in [0.5, 0.6) is 17.2 Å². The average molecular weight is 332 g/mol. The molecule has 0 aliphatic carbocycles. The Bertz CT molecular complexity index is 761. The fourth-order valence-corrected chi connectivity index (χ4v) is 2.26. The molecule has 0 bridgehead atoms. The molecule has 8 heteroatoms. The minimum atomic E-state index is -1.07. The van der Waals surface area contributed by atoms with Crippen molar-refractivity contribution in [1.82, 2.24) is 5.32 Å². The number of phenols is 3. The van der Waals surface area contributed by atoms with Crippen LogP contribution >= 0.6 is 0 Å². The number of phenolic OH excluding ortho intramolecular Hbond substituents is 3. The van der Waals surface area contributed by atoms with Crippen molar-refractivity contribution in [3.63, 3.8) is 0 Å². The first kappa shape index (κ1) is 17.1. The molecule has 0 aliphatic rings. The highest BCUT2D eigenvalue weighted by Gasteiger charge is 2.29. The van der Waals surface area contributed by atoms with Crippen molar-refractivity contribution in [3.8, 4) is 17.2 Å². The number of nitro benzene ring substituents is 1. The Balaban J connectivity index is 2.04. The lowest BCUT2D eigenvalue weighted by Gasteiger charge is -2.09. The number of hydrogen-bond donors (Lipinski definition) is 4. The van der Waals surface area contributed by atoms with Crippen LogP contribution in [0.15, 0.2) is 36.4 Å². The van der Waals surface area contributed by atoms with Crippen LogP contribution in [0.4, 0.5) is 5.69 Å². The highest BCUT2D eigenvalue weighted by atomic mass is 16.6. The summed E-state index contributed by atoms with van der Waals surface area (Å²) < 4.78 is 0. The molecule has 126 valence electrons. The second-order valence-corrected chi connectivity index (χ2v) is 5.09. The van der Waals surface area contributed by atoms with E-state index in [1.165, 1.54) is 0 Å². The zero-order valence-corrected chi connectivity index (χ0v) is 12.6. The molecule has 8 nitrogen and oxygen atoms in total. The molecule has 0 aromatic heterocycles. The monoisotopic (exact) mass is 332 g/mol. The number of nitrogens with one attached hydrogen (secondary N) is 1. The minimum absolute atomic E-state index is 0.251. The highest BCUT2D eigenvalue weighted by Crippen LogP contribution is 2.42. The van der Waals surface area contributed by atoms with E-state index in [4.69, 9.17) is 0 Å². The summed E-state index contributed by atoms with van der Waals surface area (Å²) in [6.07, 6.45) is 1.33. The number of carbonyl (C=O) groups excluding carboxylic acids is 1. The third kappa shape index (κ3) is 3.72. The molecular weight excluding hydrogens is 316 g/mol. The minimum Gasteiger partial charge on any atom is -0.507 e. The number of hydrogen-bond acceptors (Lipinski definition) is 6. The molecule has 0 spiro atoms. The molecule has 0 saturated carbocycles. The summed E-state index contributed by atoms with van der Waals surface area (Å²) in [6, 6.07) is 10.2. The summed E-state index contributed by atoms with van der Waals surface area (Å²) in [4.78, 5) is 21.8. The van der Waals surface area contributed by atoms with Gasteiger partial charge < -0.3 is 20.6 Å². The van der Waals surface area contributed by atoms with Crippen LogP contribution in [-0.2, 0) is 6.42 Å². The summed E-state index contributed by atoms with van der Waals surface area (Å²) in [7, 11) is 0. The molecule has 1 amide bonds. The predicted octanol–water partition coefficient (Wildman–Crippen LogP) is 2.07. The lowest BCUT2D eigenvalue weighted by Crippen LogP contribution is -2.25. The second kappa shape index (κ2) is 7.32. The van der Waals surface area contributed by atoms with E-state index in [1.807, 2.05) is 30.3 Å². The van der Waals surface area contributed by atoms with E-state index >= 15 is 0 Å². The molecule has 0 heterocycles. The number of carbonyl (C=O) groups is 1. The summed E-state index contributed by atoms with van der Waals surface area (Å²) in [5.74, 6) is -3.59. The van der Waals surface area contributed by atoms with Gasteiger partial charge in [-0.1, -0.05) is 30.3 Å². The Morgan fingerprint density at radius 2 is 1.79 bits per heavy atom. The van der Waals surface area contributed by atoms with E-state index in [1.54, 1.807) is 0 Å². The van der Waals surface area contributed by atoms with Crippen LogP contribution in [0.3, 0.4) is 0 Å². The van der Waals surface area contributed by atoms with Gasteiger partial charge in [0.1, 0.15) is 11.3 Å². The van der Waals surface area contributed by atoms with Crippen LogP contribution in [0.25, 0.3) is 0 Å². The van der Waals surface area contributed by atoms with Crippen molar-refractivity contribution in [3.05, 3.63) is 57.6 Å². The Labute approximate surface area is 137 Å². The average Bonchev–Trinajstić information content (AvgIpc) is 2.51. The van der Waals surface area contributed by atoms with Crippen LogP contribution in [0.1, 0.15) is 22.3 Å². The van der Waals surface area contributed by atoms with Crippen LogP contribution in [0, 0.1) is 10.1 Å². The third-order valence-corrected chi connectivity index (χ3v) is 3.41.